The Morgan fingerprint density at radius 1 is 1.14 bits per heavy atom. The largest absolute Gasteiger partial charge is 0.490 e. The quantitative estimate of drug-likeness (QED) is 0.516. The number of nitrogens with one attached hydrogen (secondary N) is 1. The van der Waals surface area contributed by atoms with Crippen molar-refractivity contribution in [1.29, 1.82) is 5.26 Å². The molecule has 5 nitrogen and oxygen atoms in total. The van der Waals surface area contributed by atoms with Crippen molar-refractivity contribution in [1.82, 2.24) is 5.32 Å². The highest BCUT2D eigenvalue weighted by atomic mass is 16.5. The van der Waals surface area contributed by atoms with Crippen LogP contribution in [-0.2, 0) is 11.4 Å². The summed E-state index contributed by atoms with van der Waals surface area (Å²) in [7, 11) is 0. The summed E-state index contributed by atoms with van der Waals surface area (Å²) in [6.45, 7) is 6.68. The predicted molar refractivity (Wildman–Crippen MR) is 110 cm³/mol. The standard InChI is InChI=1S/C23H26N2O3/c1-4-17(3)25-23(26)20(15-24)13-19-11-12-21(22(14-19)27-5-2)28-16-18-9-7-6-8-10-18/h6-14,17H,4-5,16H2,1-3H3,(H,25,26)/b20-13+/t17-/m1/s1. The van der Waals surface area contributed by atoms with E-state index in [-0.39, 0.29) is 17.5 Å². The maximum absolute atomic E-state index is 12.2. The van der Waals surface area contributed by atoms with E-state index >= 15 is 0 Å². The van der Waals surface area contributed by atoms with Crippen LogP contribution in [0.1, 0.15) is 38.3 Å². The highest BCUT2D eigenvalue weighted by Crippen LogP contribution is 2.30. The number of carbonyl (C=O) groups excluding carboxylic acids is 1. The van der Waals surface area contributed by atoms with Gasteiger partial charge in [-0.15, -0.1) is 0 Å². The second kappa shape index (κ2) is 10.8. The minimum atomic E-state index is -0.376. The number of amides is 1. The Kier molecular flexibility index (Phi) is 8.11. The molecule has 0 aliphatic heterocycles. The Morgan fingerprint density at radius 3 is 2.54 bits per heavy atom. The van der Waals surface area contributed by atoms with Crippen molar-refractivity contribution in [2.75, 3.05) is 6.61 Å². The van der Waals surface area contributed by atoms with Gasteiger partial charge in [-0.3, -0.25) is 4.79 Å². The Bertz CT molecular complexity index is 854. The molecule has 2 aromatic rings. The number of carbonyl (C=O) groups is 1. The van der Waals surface area contributed by atoms with Crippen LogP contribution in [0.5, 0.6) is 11.5 Å². The zero-order valence-electron chi connectivity index (χ0n) is 16.6. The predicted octanol–water partition coefficient (Wildman–Crippen LogP) is 4.49. The van der Waals surface area contributed by atoms with Crippen LogP contribution in [0.2, 0.25) is 0 Å². The molecule has 2 rings (SSSR count). The van der Waals surface area contributed by atoms with Gasteiger partial charge < -0.3 is 14.8 Å². The molecule has 28 heavy (non-hydrogen) atoms. The van der Waals surface area contributed by atoms with E-state index in [1.54, 1.807) is 24.3 Å². The van der Waals surface area contributed by atoms with Gasteiger partial charge in [-0.2, -0.15) is 5.26 Å². The molecule has 1 N–H and O–H groups in total. The number of rotatable bonds is 9. The minimum Gasteiger partial charge on any atom is -0.490 e. The number of nitrogens with zero attached hydrogens (tertiary/aromatic N) is 1. The lowest BCUT2D eigenvalue weighted by Crippen LogP contribution is -2.32. The summed E-state index contributed by atoms with van der Waals surface area (Å²) >= 11 is 0. The molecule has 1 amide bonds. The third-order valence-corrected chi connectivity index (χ3v) is 4.17. The molecular weight excluding hydrogens is 352 g/mol. The molecule has 0 aromatic heterocycles. The lowest BCUT2D eigenvalue weighted by Gasteiger charge is -2.13. The van der Waals surface area contributed by atoms with Crippen LogP contribution in [0.3, 0.4) is 0 Å². The van der Waals surface area contributed by atoms with Gasteiger partial charge >= 0.3 is 0 Å². The monoisotopic (exact) mass is 378 g/mol. The molecule has 0 saturated heterocycles. The molecule has 0 saturated carbocycles. The van der Waals surface area contributed by atoms with Gasteiger partial charge in [0.2, 0.25) is 0 Å². The second-order valence-corrected chi connectivity index (χ2v) is 6.37. The molecule has 5 heteroatoms. The number of hydrogen-bond acceptors (Lipinski definition) is 4. The van der Waals surface area contributed by atoms with E-state index in [4.69, 9.17) is 9.47 Å². The molecule has 0 bridgehead atoms. The third-order valence-electron chi connectivity index (χ3n) is 4.17. The van der Waals surface area contributed by atoms with Crippen LogP contribution in [0.25, 0.3) is 6.08 Å². The van der Waals surface area contributed by atoms with E-state index < -0.39 is 0 Å². The molecule has 1 atom stereocenters. The zero-order valence-corrected chi connectivity index (χ0v) is 16.6. The smallest absolute Gasteiger partial charge is 0.262 e. The van der Waals surface area contributed by atoms with Crippen molar-refractivity contribution in [3.8, 4) is 17.6 Å². The third kappa shape index (κ3) is 6.17. The first kappa shape index (κ1) is 21.0. The Labute approximate surface area is 166 Å². The van der Waals surface area contributed by atoms with E-state index in [2.05, 4.69) is 5.32 Å². The topological polar surface area (TPSA) is 71.3 Å². The van der Waals surface area contributed by atoms with Gasteiger partial charge in [0.25, 0.3) is 5.91 Å². The lowest BCUT2D eigenvalue weighted by molar-refractivity contribution is -0.117. The molecule has 0 unspecified atom stereocenters. The minimum absolute atomic E-state index is 0.0111. The molecular formula is C23H26N2O3. The molecule has 0 radical (unpaired) electrons. The number of nitriles is 1. The molecule has 0 spiro atoms. The molecule has 0 heterocycles. The Morgan fingerprint density at radius 2 is 1.89 bits per heavy atom. The average Bonchev–Trinajstić information content (AvgIpc) is 2.72. The fourth-order valence-corrected chi connectivity index (χ4v) is 2.46. The van der Waals surface area contributed by atoms with Crippen LogP contribution in [0.15, 0.2) is 54.1 Å². The number of benzene rings is 2. The lowest BCUT2D eigenvalue weighted by atomic mass is 10.1. The Hall–Kier alpha value is -3.26. The maximum atomic E-state index is 12.2. The fraction of sp³-hybridized carbons (Fsp3) is 0.304. The van der Waals surface area contributed by atoms with Crippen molar-refractivity contribution in [3.05, 3.63) is 65.2 Å². The van der Waals surface area contributed by atoms with E-state index in [1.807, 2.05) is 57.2 Å². The summed E-state index contributed by atoms with van der Waals surface area (Å²) in [5.74, 6) is 0.816. The summed E-state index contributed by atoms with van der Waals surface area (Å²) in [6, 6.07) is 17.2. The maximum Gasteiger partial charge on any atom is 0.262 e. The van der Waals surface area contributed by atoms with Crippen LogP contribution < -0.4 is 14.8 Å². The summed E-state index contributed by atoms with van der Waals surface area (Å²) in [5.41, 5.74) is 1.81. The molecule has 146 valence electrons. The molecule has 0 aliphatic carbocycles. The molecule has 2 aromatic carbocycles. The summed E-state index contributed by atoms with van der Waals surface area (Å²) < 4.78 is 11.6. The average molecular weight is 378 g/mol. The molecule has 0 aliphatic rings. The van der Waals surface area contributed by atoms with Crippen LogP contribution >= 0.6 is 0 Å². The van der Waals surface area contributed by atoms with Gasteiger partial charge in [0.1, 0.15) is 18.2 Å². The van der Waals surface area contributed by atoms with Crippen molar-refractivity contribution >= 4 is 12.0 Å². The van der Waals surface area contributed by atoms with Gasteiger partial charge in [-0.1, -0.05) is 43.3 Å². The van der Waals surface area contributed by atoms with Gasteiger partial charge in [0.05, 0.1) is 6.61 Å². The Balaban J connectivity index is 2.20. The van der Waals surface area contributed by atoms with Crippen molar-refractivity contribution < 1.29 is 14.3 Å². The van der Waals surface area contributed by atoms with Gasteiger partial charge in [-0.05, 0) is 49.6 Å². The van der Waals surface area contributed by atoms with E-state index in [0.29, 0.717) is 30.3 Å². The highest BCUT2D eigenvalue weighted by molar-refractivity contribution is 6.01. The van der Waals surface area contributed by atoms with Crippen molar-refractivity contribution in [3.63, 3.8) is 0 Å². The van der Waals surface area contributed by atoms with E-state index in [1.165, 1.54) is 0 Å². The summed E-state index contributed by atoms with van der Waals surface area (Å²) in [5, 5.41) is 12.2. The first-order valence-electron chi connectivity index (χ1n) is 9.43. The van der Waals surface area contributed by atoms with Gasteiger partial charge in [-0.25, -0.2) is 0 Å². The van der Waals surface area contributed by atoms with Crippen LogP contribution in [0.4, 0.5) is 0 Å². The fourth-order valence-electron chi connectivity index (χ4n) is 2.46. The van der Waals surface area contributed by atoms with Gasteiger partial charge in [0.15, 0.2) is 11.5 Å². The van der Waals surface area contributed by atoms with Gasteiger partial charge in [0, 0.05) is 6.04 Å². The van der Waals surface area contributed by atoms with Crippen molar-refractivity contribution in [2.24, 2.45) is 0 Å². The molecule has 0 fully saturated rings. The first-order valence-corrected chi connectivity index (χ1v) is 9.43. The van der Waals surface area contributed by atoms with E-state index in [9.17, 15) is 10.1 Å². The number of ether oxygens (including phenoxy) is 2. The summed E-state index contributed by atoms with van der Waals surface area (Å²) in [6.07, 6.45) is 2.35. The first-order chi connectivity index (χ1) is 13.6. The SMILES string of the molecule is CCOc1cc(/C=C(\C#N)C(=O)N[C@H](C)CC)ccc1OCc1ccccc1. The number of hydrogen-bond donors (Lipinski definition) is 1. The van der Waals surface area contributed by atoms with Crippen molar-refractivity contribution in [2.45, 2.75) is 39.8 Å². The van der Waals surface area contributed by atoms with E-state index in [0.717, 1.165) is 12.0 Å². The normalized spacial score (nSPS) is 12.0. The van der Waals surface area contributed by atoms with Crippen LogP contribution in [0, 0.1) is 11.3 Å². The zero-order chi connectivity index (χ0) is 20.4. The van der Waals surface area contributed by atoms with Crippen LogP contribution in [-0.4, -0.2) is 18.6 Å². The second-order valence-electron chi connectivity index (χ2n) is 6.37. The highest BCUT2D eigenvalue weighted by Gasteiger charge is 2.13. The summed E-state index contributed by atoms with van der Waals surface area (Å²) in [4.78, 5) is 12.2.